The van der Waals surface area contributed by atoms with Crippen LogP contribution in [0.3, 0.4) is 0 Å². The van der Waals surface area contributed by atoms with Crippen LogP contribution in [0.2, 0.25) is 15.1 Å². The summed E-state index contributed by atoms with van der Waals surface area (Å²) in [5.41, 5.74) is 2.91. The van der Waals surface area contributed by atoms with Crippen molar-refractivity contribution >= 4 is 40.8 Å². The zero-order valence-corrected chi connectivity index (χ0v) is 18.7. The monoisotopic (exact) mass is 463 g/mol. The molecule has 2 aromatic carbocycles. The fraction of sp³-hybridized carbons (Fsp3) is 0.217. The molecule has 0 fully saturated rings. The minimum absolute atomic E-state index is 0.0486. The van der Waals surface area contributed by atoms with Crippen molar-refractivity contribution in [2.45, 2.75) is 32.8 Å². The molecule has 0 amide bonds. The van der Waals surface area contributed by atoms with Gasteiger partial charge in [0.05, 0.1) is 23.1 Å². The van der Waals surface area contributed by atoms with Gasteiger partial charge < -0.3 is 9.84 Å². The Morgan fingerprint density at radius 3 is 2.30 bits per heavy atom. The van der Waals surface area contributed by atoms with Gasteiger partial charge in [-0.2, -0.15) is 0 Å². The molecule has 1 heterocycles. The summed E-state index contributed by atoms with van der Waals surface area (Å²) in [5, 5.41) is 11.2. The van der Waals surface area contributed by atoms with Crippen LogP contribution < -0.4 is 4.74 Å². The fourth-order valence-corrected chi connectivity index (χ4v) is 3.85. The molecule has 0 radical (unpaired) electrons. The number of halogens is 3. The van der Waals surface area contributed by atoms with E-state index in [-0.39, 0.29) is 11.7 Å². The van der Waals surface area contributed by atoms with Crippen molar-refractivity contribution in [3.8, 4) is 17.0 Å². The number of hydrogen-bond acceptors (Lipinski definition) is 3. The molecule has 156 valence electrons. The van der Waals surface area contributed by atoms with E-state index in [1.807, 2.05) is 32.0 Å². The van der Waals surface area contributed by atoms with Gasteiger partial charge in [0.25, 0.3) is 0 Å². The number of aromatic nitrogens is 1. The van der Waals surface area contributed by atoms with Crippen molar-refractivity contribution < 1.29 is 14.6 Å². The van der Waals surface area contributed by atoms with E-state index in [1.165, 1.54) is 0 Å². The first-order valence-electron chi connectivity index (χ1n) is 9.37. The Hall–Kier alpha value is -2.27. The maximum absolute atomic E-state index is 11.7. The van der Waals surface area contributed by atoms with Gasteiger partial charge in [0.1, 0.15) is 5.75 Å². The summed E-state index contributed by atoms with van der Waals surface area (Å²) >= 11 is 18.3. The summed E-state index contributed by atoms with van der Waals surface area (Å²) in [5.74, 6) is -0.427. The Kier molecular flexibility index (Phi) is 7.24. The second kappa shape index (κ2) is 9.69. The highest BCUT2D eigenvalue weighted by Gasteiger charge is 2.16. The van der Waals surface area contributed by atoms with Crippen LogP contribution >= 0.6 is 34.8 Å². The van der Waals surface area contributed by atoms with Crippen molar-refractivity contribution in [1.82, 2.24) is 4.98 Å². The summed E-state index contributed by atoms with van der Waals surface area (Å²) in [4.78, 5) is 16.4. The average molecular weight is 465 g/mol. The van der Waals surface area contributed by atoms with Gasteiger partial charge in [-0.1, -0.05) is 34.8 Å². The smallest absolute Gasteiger partial charge is 0.337 e. The van der Waals surface area contributed by atoms with Crippen molar-refractivity contribution in [1.29, 1.82) is 0 Å². The normalized spacial score (nSPS) is 11.0. The molecule has 0 bridgehead atoms. The fourth-order valence-electron chi connectivity index (χ4n) is 3.11. The molecule has 0 saturated carbocycles. The third-order valence-corrected chi connectivity index (χ3v) is 5.03. The van der Waals surface area contributed by atoms with Crippen molar-refractivity contribution in [3.63, 3.8) is 0 Å². The van der Waals surface area contributed by atoms with E-state index in [2.05, 4.69) is 4.98 Å². The zero-order chi connectivity index (χ0) is 21.8. The standard InChI is InChI=1S/C23H20Cl3NO3/c1-13(2)30-22-12-15(24)4-5-18(22)20-8-6-19(23(28)29)21(27-20)7-3-14-9-16(25)11-17(26)10-14/h4-6,8-13H,3,7H2,1-2H3,(H,28,29). The lowest BCUT2D eigenvalue weighted by atomic mass is 10.0. The lowest BCUT2D eigenvalue weighted by Gasteiger charge is -2.15. The molecule has 0 atom stereocenters. The number of ether oxygens (including phenoxy) is 1. The van der Waals surface area contributed by atoms with E-state index >= 15 is 0 Å². The highest BCUT2D eigenvalue weighted by atomic mass is 35.5. The largest absolute Gasteiger partial charge is 0.490 e. The highest BCUT2D eigenvalue weighted by molar-refractivity contribution is 6.34. The zero-order valence-electron chi connectivity index (χ0n) is 16.5. The maximum Gasteiger partial charge on any atom is 0.337 e. The second-order valence-corrected chi connectivity index (χ2v) is 8.39. The van der Waals surface area contributed by atoms with E-state index < -0.39 is 5.97 Å². The predicted octanol–water partition coefficient (Wildman–Crippen LogP) is 6.98. The summed E-state index contributed by atoms with van der Waals surface area (Å²) in [7, 11) is 0. The first kappa shape index (κ1) is 22.4. The van der Waals surface area contributed by atoms with E-state index in [0.717, 1.165) is 11.1 Å². The molecule has 1 N–H and O–H groups in total. The number of nitrogens with zero attached hydrogens (tertiary/aromatic N) is 1. The molecule has 30 heavy (non-hydrogen) atoms. The number of benzene rings is 2. The Bertz CT molecular complexity index is 1060. The Balaban J connectivity index is 1.98. The van der Waals surface area contributed by atoms with Gasteiger partial charge in [0.2, 0.25) is 0 Å². The first-order chi connectivity index (χ1) is 14.2. The third kappa shape index (κ3) is 5.66. The molecular weight excluding hydrogens is 445 g/mol. The molecule has 0 spiro atoms. The van der Waals surface area contributed by atoms with Gasteiger partial charge in [-0.15, -0.1) is 0 Å². The number of carbonyl (C=O) groups is 1. The van der Waals surface area contributed by atoms with Gasteiger partial charge in [-0.05, 0) is 80.8 Å². The van der Waals surface area contributed by atoms with Crippen LogP contribution in [0.15, 0.2) is 48.5 Å². The molecular formula is C23H20Cl3NO3. The van der Waals surface area contributed by atoms with Crippen LogP contribution in [-0.2, 0) is 12.8 Å². The summed E-state index contributed by atoms with van der Waals surface area (Å²) in [6.45, 7) is 3.85. The van der Waals surface area contributed by atoms with E-state index in [1.54, 1.807) is 30.3 Å². The lowest BCUT2D eigenvalue weighted by Crippen LogP contribution is -2.09. The number of rotatable bonds is 7. The lowest BCUT2D eigenvalue weighted by molar-refractivity contribution is 0.0695. The summed E-state index contributed by atoms with van der Waals surface area (Å²) in [6.07, 6.45) is 0.917. The molecule has 3 rings (SSSR count). The molecule has 7 heteroatoms. The number of aryl methyl sites for hydroxylation is 2. The van der Waals surface area contributed by atoms with E-state index in [4.69, 9.17) is 39.5 Å². The van der Waals surface area contributed by atoms with E-state index in [0.29, 0.717) is 45.0 Å². The van der Waals surface area contributed by atoms with Crippen LogP contribution in [-0.4, -0.2) is 22.2 Å². The minimum atomic E-state index is -1.03. The predicted molar refractivity (Wildman–Crippen MR) is 121 cm³/mol. The van der Waals surface area contributed by atoms with Gasteiger partial charge in [-0.3, -0.25) is 4.98 Å². The number of carboxylic acid groups (broad SMARTS) is 1. The Morgan fingerprint density at radius 2 is 1.67 bits per heavy atom. The molecule has 4 nitrogen and oxygen atoms in total. The SMILES string of the molecule is CC(C)Oc1cc(Cl)ccc1-c1ccc(C(=O)O)c(CCc2cc(Cl)cc(Cl)c2)n1. The molecule has 0 aliphatic heterocycles. The molecule has 1 aromatic heterocycles. The molecule has 0 saturated heterocycles. The minimum Gasteiger partial charge on any atom is -0.490 e. The summed E-state index contributed by atoms with van der Waals surface area (Å²) < 4.78 is 5.88. The van der Waals surface area contributed by atoms with Gasteiger partial charge in [0.15, 0.2) is 0 Å². The van der Waals surface area contributed by atoms with Gasteiger partial charge in [0, 0.05) is 20.6 Å². The van der Waals surface area contributed by atoms with Crippen molar-refractivity contribution in [2.75, 3.05) is 0 Å². The molecule has 0 aliphatic carbocycles. The highest BCUT2D eigenvalue weighted by Crippen LogP contribution is 2.33. The quantitative estimate of drug-likeness (QED) is 0.410. The molecule has 0 aliphatic rings. The molecule has 3 aromatic rings. The van der Waals surface area contributed by atoms with Crippen LogP contribution in [0, 0.1) is 0 Å². The number of pyridine rings is 1. The van der Waals surface area contributed by atoms with Crippen molar-refractivity contribution in [3.05, 3.63) is 80.4 Å². The number of aromatic carboxylic acids is 1. The van der Waals surface area contributed by atoms with Gasteiger partial charge in [-0.25, -0.2) is 4.79 Å². The van der Waals surface area contributed by atoms with Crippen LogP contribution in [0.1, 0.15) is 35.5 Å². The maximum atomic E-state index is 11.7. The average Bonchev–Trinajstić information content (AvgIpc) is 2.65. The summed E-state index contributed by atoms with van der Waals surface area (Å²) in [6, 6.07) is 13.8. The Morgan fingerprint density at radius 1 is 0.967 bits per heavy atom. The third-order valence-electron chi connectivity index (χ3n) is 4.36. The van der Waals surface area contributed by atoms with E-state index in [9.17, 15) is 9.90 Å². The van der Waals surface area contributed by atoms with Crippen LogP contribution in [0.5, 0.6) is 5.75 Å². The Labute approximate surface area is 190 Å². The first-order valence-corrected chi connectivity index (χ1v) is 10.5. The number of hydrogen-bond donors (Lipinski definition) is 1. The van der Waals surface area contributed by atoms with Crippen molar-refractivity contribution in [2.24, 2.45) is 0 Å². The van der Waals surface area contributed by atoms with Crippen LogP contribution in [0.25, 0.3) is 11.3 Å². The number of carboxylic acids is 1. The topological polar surface area (TPSA) is 59.4 Å². The van der Waals surface area contributed by atoms with Crippen LogP contribution in [0.4, 0.5) is 0 Å². The molecule has 0 unspecified atom stereocenters. The second-order valence-electron chi connectivity index (χ2n) is 7.08. The van der Waals surface area contributed by atoms with Gasteiger partial charge >= 0.3 is 5.97 Å².